The maximum atomic E-state index is 16.9. The van der Waals surface area contributed by atoms with Gasteiger partial charge in [0.05, 0.1) is 28.8 Å². The number of rotatable bonds is 8. The van der Waals surface area contributed by atoms with Crippen molar-refractivity contribution in [3.63, 3.8) is 0 Å². The van der Waals surface area contributed by atoms with E-state index in [1.807, 2.05) is 0 Å². The number of benzene rings is 2. The molecule has 11 nitrogen and oxygen atoms in total. The molecule has 0 aliphatic heterocycles. The third kappa shape index (κ3) is 8.56. The van der Waals surface area contributed by atoms with Crippen molar-refractivity contribution < 1.29 is 59.7 Å². The van der Waals surface area contributed by atoms with Crippen molar-refractivity contribution in [3.8, 4) is 11.1 Å². The number of nitrogens with zero attached hydrogens (tertiary/aromatic N) is 3. The highest BCUT2D eigenvalue weighted by Crippen LogP contribution is 2.44. The minimum Gasteiger partial charge on any atom is -0.456 e. The van der Waals surface area contributed by atoms with Gasteiger partial charge in [0.1, 0.15) is 28.9 Å². The van der Waals surface area contributed by atoms with Crippen LogP contribution < -0.4 is 11.1 Å². The van der Waals surface area contributed by atoms with Crippen LogP contribution in [0.1, 0.15) is 89.8 Å². The number of amides is 1. The first kappa shape index (κ1) is 38.5. The first-order valence-electron chi connectivity index (χ1n) is 15.0. The zero-order valence-electron chi connectivity index (χ0n) is 27.9. The number of nitrogens with one attached hydrogen (secondary N) is 1. The van der Waals surface area contributed by atoms with Gasteiger partial charge in [-0.1, -0.05) is 12.1 Å². The molecule has 1 atom stereocenters. The summed E-state index contributed by atoms with van der Waals surface area (Å²) in [7, 11) is 0. The number of nitrogen functional groups attached to an aromatic ring is 1. The molecule has 4 aromatic rings. The van der Waals surface area contributed by atoms with Gasteiger partial charge in [-0.25, -0.2) is 31.7 Å². The van der Waals surface area contributed by atoms with Crippen molar-refractivity contribution in [3.05, 3.63) is 82.0 Å². The summed E-state index contributed by atoms with van der Waals surface area (Å²) in [6.07, 6.45) is -7.37. The van der Waals surface area contributed by atoms with E-state index in [0.29, 0.717) is 0 Å². The molecular formula is C33H32F7N5O6. The van der Waals surface area contributed by atoms with Crippen LogP contribution in [-0.4, -0.2) is 61.2 Å². The van der Waals surface area contributed by atoms with Gasteiger partial charge in [0.25, 0.3) is 11.8 Å². The molecule has 18 heteroatoms. The minimum atomic E-state index is -5.81. The largest absolute Gasteiger partial charge is 0.456 e. The van der Waals surface area contributed by atoms with Gasteiger partial charge in [0.2, 0.25) is 5.95 Å². The van der Waals surface area contributed by atoms with Crippen molar-refractivity contribution in [1.82, 2.24) is 19.9 Å². The van der Waals surface area contributed by atoms with Crippen LogP contribution in [-0.2, 0) is 15.7 Å². The Morgan fingerprint density at radius 2 is 1.43 bits per heavy atom. The second kappa shape index (κ2) is 13.5. The number of aliphatic hydroxyl groups is 1. The van der Waals surface area contributed by atoms with E-state index >= 15 is 26.3 Å². The van der Waals surface area contributed by atoms with Gasteiger partial charge in [-0.3, -0.25) is 4.79 Å². The number of alkyl halides is 5. The lowest BCUT2D eigenvalue weighted by Crippen LogP contribution is -2.42. The zero-order valence-corrected chi connectivity index (χ0v) is 27.9. The summed E-state index contributed by atoms with van der Waals surface area (Å²) in [6.45, 7) is 5.99. The van der Waals surface area contributed by atoms with Crippen LogP contribution in [0.15, 0.2) is 42.6 Å². The molecular weight excluding hydrogens is 695 g/mol. The van der Waals surface area contributed by atoms with Crippen molar-refractivity contribution in [2.75, 3.05) is 12.3 Å². The highest BCUT2D eigenvalue weighted by Gasteiger charge is 2.48. The molecule has 0 aliphatic rings. The van der Waals surface area contributed by atoms with Crippen molar-refractivity contribution in [2.24, 2.45) is 0 Å². The lowest BCUT2D eigenvalue weighted by atomic mass is 9.86. The van der Waals surface area contributed by atoms with Crippen LogP contribution in [0.25, 0.3) is 16.8 Å². The topological polar surface area (TPSA) is 158 Å². The average Bonchev–Trinajstić information content (AvgIpc) is 3.36. The molecule has 274 valence electrons. The second-order valence-corrected chi connectivity index (χ2v) is 13.3. The van der Waals surface area contributed by atoms with Gasteiger partial charge in [-0.15, -0.1) is 5.10 Å². The van der Waals surface area contributed by atoms with E-state index in [2.05, 4.69) is 10.1 Å². The lowest BCUT2D eigenvalue weighted by Gasteiger charge is -2.28. The Morgan fingerprint density at radius 1 is 0.882 bits per heavy atom. The van der Waals surface area contributed by atoms with E-state index in [-0.39, 0.29) is 11.6 Å². The summed E-state index contributed by atoms with van der Waals surface area (Å²) in [5, 5.41) is 15.6. The number of anilines is 1. The number of carbonyl (C=O) groups is 3. The van der Waals surface area contributed by atoms with E-state index in [1.165, 1.54) is 46.9 Å². The molecule has 0 radical (unpaired) electrons. The summed E-state index contributed by atoms with van der Waals surface area (Å²) in [5.74, 6) is -13.1. The number of aromatic nitrogens is 3. The standard InChI is InChI=1S/C33H32F7N5O6/c1-30(2,3)50-27(48)20-19(16-11-12-45-18(13-16)43-29(41)44-45)24(35)22(23(33(38,39)40)21(20)28(49)51-31(4,5)6)26(47)42-14-32(36,37)25(46)15-7-9-17(34)10-8-15/h7-13,25,46H,14H2,1-6H3,(H2,41,44)(H,42,47)/t25-/m0/s1. The van der Waals surface area contributed by atoms with Crippen LogP contribution >= 0.6 is 0 Å². The van der Waals surface area contributed by atoms with Crippen LogP contribution in [0.2, 0.25) is 0 Å². The van der Waals surface area contributed by atoms with E-state index in [9.17, 15) is 23.9 Å². The highest BCUT2D eigenvalue weighted by molar-refractivity contribution is 6.13. The predicted molar refractivity (Wildman–Crippen MR) is 167 cm³/mol. The van der Waals surface area contributed by atoms with E-state index in [1.54, 1.807) is 0 Å². The second-order valence-electron chi connectivity index (χ2n) is 13.3. The maximum Gasteiger partial charge on any atom is 0.418 e. The normalized spacial score (nSPS) is 13.2. The Labute approximate surface area is 285 Å². The first-order chi connectivity index (χ1) is 23.3. The molecule has 51 heavy (non-hydrogen) atoms. The molecule has 2 aromatic heterocycles. The van der Waals surface area contributed by atoms with E-state index in [4.69, 9.17) is 15.2 Å². The van der Waals surface area contributed by atoms with Crippen LogP contribution in [0.4, 0.5) is 36.7 Å². The summed E-state index contributed by atoms with van der Waals surface area (Å²) in [6, 6.07) is 5.22. The van der Waals surface area contributed by atoms with Crippen LogP contribution in [0.3, 0.4) is 0 Å². The SMILES string of the molecule is CC(C)(C)OC(=O)c1c(C(=O)OC(C)(C)C)c(C(F)(F)F)c(C(=O)NCC(F)(F)[C@@H](O)c2ccc(F)cc2)c(F)c1-c1ccn2nc(N)nc2c1. The van der Waals surface area contributed by atoms with Gasteiger partial charge in [-0.2, -0.15) is 18.2 Å². The molecule has 0 saturated heterocycles. The predicted octanol–water partition coefficient (Wildman–Crippen LogP) is 6.28. The molecule has 2 aromatic carbocycles. The van der Waals surface area contributed by atoms with Gasteiger partial charge in [0, 0.05) is 11.8 Å². The van der Waals surface area contributed by atoms with E-state index < -0.39 is 104 Å². The molecule has 4 N–H and O–H groups in total. The molecule has 1 amide bonds. The molecule has 2 heterocycles. The number of nitrogens with two attached hydrogens (primary N) is 1. The van der Waals surface area contributed by atoms with Gasteiger partial charge >= 0.3 is 18.1 Å². The van der Waals surface area contributed by atoms with Crippen LogP contribution in [0, 0.1) is 11.6 Å². The number of ether oxygens (including phenoxy) is 2. The number of carbonyl (C=O) groups excluding carboxylic acids is 3. The third-order valence-electron chi connectivity index (χ3n) is 6.87. The number of hydrogen-bond donors (Lipinski definition) is 3. The molecule has 0 saturated carbocycles. The fourth-order valence-corrected chi connectivity index (χ4v) is 4.88. The number of pyridine rings is 1. The van der Waals surface area contributed by atoms with Gasteiger partial charge in [-0.05, 0) is 76.9 Å². The number of halogens is 7. The highest BCUT2D eigenvalue weighted by atomic mass is 19.4. The zero-order chi connectivity index (χ0) is 38.4. The Balaban J connectivity index is 2.05. The molecule has 4 rings (SSSR count). The fraction of sp³-hybridized carbons (Fsp3) is 0.364. The van der Waals surface area contributed by atoms with Crippen molar-refractivity contribution in [1.29, 1.82) is 0 Å². The Kier molecular flexibility index (Phi) is 10.2. The summed E-state index contributed by atoms with van der Waals surface area (Å²) in [4.78, 5) is 44.9. The molecule has 0 spiro atoms. The minimum absolute atomic E-state index is 0.112. The molecule has 0 unspecified atom stereocenters. The van der Waals surface area contributed by atoms with Gasteiger partial charge in [0.15, 0.2) is 5.65 Å². The quantitative estimate of drug-likeness (QED) is 0.140. The lowest BCUT2D eigenvalue weighted by molar-refractivity contribution is -0.138. The van der Waals surface area contributed by atoms with Crippen LogP contribution in [0.5, 0.6) is 0 Å². The van der Waals surface area contributed by atoms with Crippen molar-refractivity contribution in [2.45, 2.75) is 70.9 Å². The Morgan fingerprint density at radius 3 is 1.96 bits per heavy atom. The molecule has 0 fully saturated rings. The Bertz CT molecular complexity index is 2000. The molecule has 0 bridgehead atoms. The number of aliphatic hydroxyl groups excluding tert-OH is 1. The maximum absolute atomic E-state index is 16.9. The Hall–Kier alpha value is -5.26. The van der Waals surface area contributed by atoms with E-state index in [0.717, 1.165) is 47.1 Å². The summed E-state index contributed by atoms with van der Waals surface area (Å²) < 4.78 is 117. The third-order valence-corrected chi connectivity index (χ3v) is 6.87. The first-order valence-corrected chi connectivity index (χ1v) is 15.0. The molecule has 0 aliphatic carbocycles. The summed E-state index contributed by atoms with van der Waals surface area (Å²) in [5.41, 5.74) is -6.69. The number of hydrogen-bond acceptors (Lipinski definition) is 9. The summed E-state index contributed by atoms with van der Waals surface area (Å²) >= 11 is 0. The number of fused-ring (bicyclic) bond motifs is 1. The monoisotopic (exact) mass is 727 g/mol. The smallest absolute Gasteiger partial charge is 0.418 e. The number of esters is 2. The average molecular weight is 728 g/mol. The van der Waals surface area contributed by atoms with Gasteiger partial charge < -0.3 is 25.6 Å². The van der Waals surface area contributed by atoms with Crippen molar-refractivity contribution >= 4 is 29.4 Å². The fourth-order valence-electron chi connectivity index (χ4n) is 4.88.